The first-order valence-electron chi connectivity index (χ1n) is 13.3. The molecule has 1 aromatic carbocycles. The maximum absolute atomic E-state index is 12.4. The quantitative estimate of drug-likeness (QED) is 0.452. The number of rotatable bonds is 7. The van der Waals surface area contributed by atoms with Crippen molar-refractivity contribution < 1.29 is 14.4 Å². The average Bonchev–Trinajstić information content (AvgIpc) is 2.84. The van der Waals surface area contributed by atoms with Crippen molar-refractivity contribution in [3.63, 3.8) is 0 Å². The summed E-state index contributed by atoms with van der Waals surface area (Å²) in [7, 11) is 1.90. The first-order chi connectivity index (χ1) is 17.0. The van der Waals surface area contributed by atoms with Crippen LogP contribution in [0.4, 0.5) is 5.69 Å². The summed E-state index contributed by atoms with van der Waals surface area (Å²) in [5, 5.41) is 5.91. The third kappa shape index (κ3) is 5.29. The zero-order chi connectivity index (χ0) is 24.4. The van der Waals surface area contributed by atoms with Gasteiger partial charge in [0.15, 0.2) is 0 Å². The number of nitrogens with one attached hydrogen (secondary N) is 2. The van der Waals surface area contributed by atoms with E-state index in [9.17, 15) is 14.4 Å². The fourth-order valence-electron chi connectivity index (χ4n) is 6.52. The van der Waals surface area contributed by atoms with Gasteiger partial charge in [-0.15, -0.1) is 0 Å². The molecule has 0 radical (unpaired) electrons. The number of hydrogen-bond donors (Lipinski definition) is 2. The Morgan fingerprint density at radius 3 is 2.54 bits per heavy atom. The van der Waals surface area contributed by atoms with Gasteiger partial charge in [-0.2, -0.15) is 0 Å². The van der Waals surface area contributed by atoms with Gasteiger partial charge < -0.3 is 15.1 Å². The van der Waals surface area contributed by atoms with Gasteiger partial charge in [-0.25, -0.2) is 0 Å². The van der Waals surface area contributed by atoms with Crippen molar-refractivity contribution in [3.05, 3.63) is 29.3 Å². The van der Waals surface area contributed by atoms with E-state index in [-0.39, 0.29) is 17.9 Å². The van der Waals surface area contributed by atoms with Gasteiger partial charge >= 0.3 is 0 Å². The lowest BCUT2D eigenvalue weighted by Crippen LogP contribution is -2.61. The van der Waals surface area contributed by atoms with E-state index in [0.29, 0.717) is 30.4 Å². The van der Waals surface area contributed by atoms with Crippen molar-refractivity contribution in [1.29, 1.82) is 0 Å². The van der Waals surface area contributed by atoms with Crippen LogP contribution in [0.15, 0.2) is 18.2 Å². The molecule has 8 nitrogen and oxygen atoms in total. The molecule has 0 aromatic heterocycles. The first kappa shape index (κ1) is 24.4. The summed E-state index contributed by atoms with van der Waals surface area (Å²) in [6.45, 7) is 8.53. The lowest BCUT2D eigenvalue weighted by atomic mass is 9.71. The molecule has 4 aliphatic heterocycles. The highest BCUT2D eigenvalue weighted by molar-refractivity contribution is 6.00. The van der Waals surface area contributed by atoms with E-state index in [2.05, 4.69) is 26.5 Å². The summed E-state index contributed by atoms with van der Waals surface area (Å²) in [4.78, 5) is 42.9. The highest BCUT2D eigenvalue weighted by Gasteiger charge is 2.45. The van der Waals surface area contributed by atoms with Gasteiger partial charge in [0.25, 0.3) is 0 Å². The van der Waals surface area contributed by atoms with Crippen molar-refractivity contribution in [2.24, 2.45) is 11.3 Å². The van der Waals surface area contributed by atoms with E-state index in [0.717, 1.165) is 36.5 Å². The van der Waals surface area contributed by atoms with Crippen LogP contribution in [0.25, 0.3) is 0 Å². The smallest absolute Gasteiger partial charge is 0.243 e. The minimum atomic E-state index is -0.354. The Morgan fingerprint density at radius 1 is 1.11 bits per heavy atom. The number of aldehydes is 1. The molecule has 2 N–H and O–H groups in total. The Hall–Kier alpha value is -2.29. The van der Waals surface area contributed by atoms with E-state index in [1.165, 1.54) is 58.4 Å². The van der Waals surface area contributed by atoms with E-state index in [1.54, 1.807) is 0 Å². The van der Waals surface area contributed by atoms with Crippen LogP contribution in [0.1, 0.15) is 54.4 Å². The summed E-state index contributed by atoms with van der Waals surface area (Å²) in [5.41, 5.74) is 3.15. The van der Waals surface area contributed by atoms with E-state index in [1.807, 2.05) is 24.1 Å². The van der Waals surface area contributed by atoms with Crippen LogP contribution < -0.4 is 15.5 Å². The normalized spacial score (nSPS) is 25.5. The van der Waals surface area contributed by atoms with Crippen LogP contribution in [-0.2, 0) is 16.1 Å². The van der Waals surface area contributed by atoms with Crippen molar-refractivity contribution in [3.8, 4) is 0 Å². The summed E-state index contributed by atoms with van der Waals surface area (Å²) >= 11 is 0. The maximum atomic E-state index is 12.4. The molecule has 4 aliphatic rings. The van der Waals surface area contributed by atoms with Gasteiger partial charge in [-0.05, 0) is 82.9 Å². The molecule has 1 atom stereocenters. The number of piperidine rings is 3. The molecule has 8 heteroatoms. The number of amides is 2. The molecule has 0 saturated carbocycles. The Kier molecular flexibility index (Phi) is 7.23. The third-order valence-electron chi connectivity index (χ3n) is 8.75. The summed E-state index contributed by atoms with van der Waals surface area (Å²) in [6.07, 6.45) is 6.89. The largest absolute Gasteiger partial charge is 0.370 e. The highest BCUT2D eigenvalue weighted by atomic mass is 16.2. The van der Waals surface area contributed by atoms with E-state index in [4.69, 9.17) is 0 Å². The van der Waals surface area contributed by atoms with Gasteiger partial charge in [0, 0.05) is 49.3 Å². The number of anilines is 1. The molecule has 1 unspecified atom stereocenters. The van der Waals surface area contributed by atoms with Gasteiger partial charge in [0.1, 0.15) is 6.29 Å². The van der Waals surface area contributed by atoms with Crippen LogP contribution in [0, 0.1) is 11.3 Å². The highest BCUT2D eigenvalue weighted by Crippen LogP contribution is 2.44. The first-order valence-corrected chi connectivity index (χ1v) is 13.3. The van der Waals surface area contributed by atoms with E-state index < -0.39 is 0 Å². The number of benzene rings is 1. The molecule has 2 amide bonds. The van der Waals surface area contributed by atoms with Crippen molar-refractivity contribution in [2.75, 3.05) is 57.8 Å². The molecule has 35 heavy (non-hydrogen) atoms. The number of likely N-dealkylation sites (N-methyl/N-ethyl adjacent to an activating group) is 1. The summed E-state index contributed by atoms with van der Waals surface area (Å²) < 4.78 is 0. The number of nitrogens with zero attached hydrogens (tertiary/aromatic N) is 3. The number of carbonyl (C=O) groups excluding carboxylic acids is 3. The predicted molar refractivity (Wildman–Crippen MR) is 135 cm³/mol. The number of likely N-dealkylation sites (tertiary alicyclic amines) is 1. The van der Waals surface area contributed by atoms with Gasteiger partial charge in [0.2, 0.25) is 11.8 Å². The second kappa shape index (κ2) is 10.4. The minimum Gasteiger partial charge on any atom is -0.370 e. The number of carbonyl (C=O) groups is 3. The van der Waals surface area contributed by atoms with Gasteiger partial charge in [-0.3, -0.25) is 24.6 Å². The maximum Gasteiger partial charge on any atom is 0.243 e. The fraction of sp³-hybridized carbons (Fsp3) is 0.667. The molecule has 1 spiro atoms. The number of imide groups is 1. The summed E-state index contributed by atoms with van der Waals surface area (Å²) in [6, 6.07) is 5.58. The molecule has 0 bridgehead atoms. The minimum absolute atomic E-state index is 0.207. The molecular formula is C27H39N5O3. The molecule has 4 heterocycles. The Bertz CT molecular complexity index is 944. The average molecular weight is 482 g/mol. The second-order valence-corrected chi connectivity index (χ2v) is 11.2. The Labute approximate surface area is 208 Å². The molecule has 4 saturated heterocycles. The lowest BCUT2D eigenvalue weighted by molar-refractivity contribution is -0.137. The van der Waals surface area contributed by atoms with Crippen LogP contribution in [0.5, 0.6) is 0 Å². The molecule has 4 fully saturated rings. The van der Waals surface area contributed by atoms with Crippen LogP contribution in [0.2, 0.25) is 0 Å². The monoisotopic (exact) mass is 481 g/mol. The van der Waals surface area contributed by atoms with Gasteiger partial charge in [-0.1, -0.05) is 12.1 Å². The standard InChI is InChI=1S/C27H39N5O3/c1-30(24-5-6-25(34)29-26(24)35)16-22-21(17-33)3-2-4-23(22)32-18-27(19-32)9-13-31(14-10-27)15-20-7-11-28-12-8-20/h2-4,17,20,24,28H,5-16,18-19H2,1H3,(H,29,34,35). The Balaban J connectivity index is 1.21. The van der Waals surface area contributed by atoms with Crippen molar-refractivity contribution in [1.82, 2.24) is 20.4 Å². The molecule has 5 rings (SSSR count). The lowest BCUT2D eigenvalue weighted by Gasteiger charge is -2.55. The number of hydrogen-bond acceptors (Lipinski definition) is 7. The zero-order valence-electron chi connectivity index (χ0n) is 20.9. The fourth-order valence-corrected chi connectivity index (χ4v) is 6.52. The topological polar surface area (TPSA) is 85.0 Å². The molecule has 190 valence electrons. The molecule has 0 aliphatic carbocycles. The van der Waals surface area contributed by atoms with Crippen LogP contribution in [-0.4, -0.2) is 86.8 Å². The Morgan fingerprint density at radius 2 is 1.86 bits per heavy atom. The molecular weight excluding hydrogens is 442 g/mol. The van der Waals surface area contributed by atoms with Crippen LogP contribution in [0.3, 0.4) is 0 Å². The second-order valence-electron chi connectivity index (χ2n) is 11.2. The third-order valence-corrected chi connectivity index (χ3v) is 8.75. The van der Waals surface area contributed by atoms with Gasteiger partial charge in [0.05, 0.1) is 6.04 Å². The zero-order valence-corrected chi connectivity index (χ0v) is 20.9. The van der Waals surface area contributed by atoms with Crippen molar-refractivity contribution in [2.45, 2.75) is 51.1 Å². The van der Waals surface area contributed by atoms with Crippen LogP contribution >= 0.6 is 0 Å². The molecule has 1 aromatic rings. The SMILES string of the molecule is CN(Cc1c(C=O)cccc1N1CC2(CCN(CC3CCNCC3)CC2)C1)C1CCC(=O)NC1=O. The predicted octanol–water partition coefficient (Wildman–Crippen LogP) is 1.64. The van der Waals surface area contributed by atoms with E-state index >= 15 is 0 Å². The van der Waals surface area contributed by atoms with Crippen molar-refractivity contribution >= 4 is 23.8 Å². The summed E-state index contributed by atoms with van der Waals surface area (Å²) in [5.74, 6) is 0.396.